The van der Waals surface area contributed by atoms with Crippen molar-refractivity contribution < 1.29 is 0 Å². The van der Waals surface area contributed by atoms with Crippen LogP contribution in [0, 0.1) is 6.92 Å². The Labute approximate surface area is 169 Å². The van der Waals surface area contributed by atoms with Crippen molar-refractivity contribution in [1.29, 1.82) is 0 Å². The standard InChI is InChI=1S/C19H13N5S2.ClH/c1-11-9-25-19-16(11)18(23-17(24-19)14-4-2-3-7-20-14)22-12-5-6-13-15(8-12)26-10-21-13;/h2-10H,1H3,(H,22,23,24);1H. The summed E-state index contributed by atoms with van der Waals surface area (Å²) in [5.41, 5.74) is 5.79. The Kier molecular flexibility index (Phi) is 4.73. The van der Waals surface area contributed by atoms with Gasteiger partial charge >= 0.3 is 0 Å². The third kappa shape index (κ3) is 3.25. The summed E-state index contributed by atoms with van der Waals surface area (Å²) in [6.07, 6.45) is 1.76. The Morgan fingerprint density at radius 3 is 2.78 bits per heavy atom. The Morgan fingerprint density at radius 2 is 1.93 bits per heavy atom. The first kappa shape index (κ1) is 17.8. The zero-order chi connectivity index (χ0) is 17.5. The molecule has 0 spiro atoms. The number of thiophene rings is 1. The van der Waals surface area contributed by atoms with Gasteiger partial charge in [0.15, 0.2) is 5.82 Å². The lowest BCUT2D eigenvalue weighted by Gasteiger charge is -2.10. The van der Waals surface area contributed by atoms with Crippen molar-refractivity contribution in [1.82, 2.24) is 19.9 Å². The van der Waals surface area contributed by atoms with E-state index in [0.29, 0.717) is 5.82 Å². The summed E-state index contributed by atoms with van der Waals surface area (Å²) in [5.74, 6) is 1.43. The van der Waals surface area contributed by atoms with Crippen LogP contribution in [0.1, 0.15) is 5.56 Å². The van der Waals surface area contributed by atoms with Gasteiger partial charge in [-0.05, 0) is 48.2 Å². The van der Waals surface area contributed by atoms with E-state index in [1.165, 1.54) is 5.56 Å². The number of hydrogen-bond acceptors (Lipinski definition) is 7. The quantitative estimate of drug-likeness (QED) is 0.404. The molecule has 0 radical (unpaired) electrons. The molecular weight excluding hydrogens is 398 g/mol. The van der Waals surface area contributed by atoms with Crippen LogP contribution in [0.4, 0.5) is 11.5 Å². The minimum absolute atomic E-state index is 0. The molecule has 0 bridgehead atoms. The average Bonchev–Trinajstić information content (AvgIpc) is 3.29. The van der Waals surface area contributed by atoms with Gasteiger partial charge in [-0.3, -0.25) is 4.98 Å². The fraction of sp³-hybridized carbons (Fsp3) is 0.0526. The summed E-state index contributed by atoms with van der Waals surface area (Å²) in [6.45, 7) is 2.08. The number of aromatic nitrogens is 4. The Morgan fingerprint density at radius 1 is 1.00 bits per heavy atom. The fourth-order valence-corrected chi connectivity index (χ4v) is 4.49. The van der Waals surface area contributed by atoms with E-state index in [0.717, 1.165) is 37.6 Å². The molecule has 1 N–H and O–H groups in total. The summed E-state index contributed by atoms with van der Waals surface area (Å²) in [7, 11) is 0. The summed E-state index contributed by atoms with van der Waals surface area (Å²) in [6, 6.07) is 11.9. The Balaban J connectivity index is 0.00000180. The molecule has 8 heteroatoms. The van der Waals surface area contributed by atoms with Gasteiger partial charge in [-0.2, -0.15) is 0 Å². The number of thiazole rings is 1. The monoisotopic (exact) mass is 411 g/mol. The molecule has 5 rings (SSSR count). The topological polar surface area (TPSA) is 63.6 Å². The molecule has 0 amide bonds. The van der Waals surface area contributed by atoms with Crippen LogP contribution in [0.2, 0.25) is 0 Å². The smallest absolute Gasteiger partial charge is 0.181 e. The van der Waals surface area contributed by atoms with Crippen molar-refractivity contribution in [3.63, 3.8) is 0 Å². The van der Waals surface area contributed by atoms with E-state index in [2.05, 4.69) is 33.7 Å². The number of rotatable bonds is 3. The molecular formula is C19H14ClN5S2. The molecule has 5 aromatic rings. The lowest BCUT2D eigenvalue weighted by molar-refractivity contribution is 1.18. The van der Waals surface area contributed by atoms with Crippen molar-refractivity contribution in [3.8, 4) is 11.5 Å². The highest BCUT2D eigenvalue weighted by atomic mass is 35.5. The van der Waals surface area contributed by atoms with Crippen LogP contribution in [0.3, 0.4) is 0 Å². The van der Waals surface area contributed by atoms with Crippen LogP contribution in [0.5, 0.6) is 0 Å². The highest BCUT2D eigenvalue weighted by molar-refractivity contribution is 7.17. The van der Waals surface area contributed by atoms with Crippen LogP contribution in [0.15, 0.2) is 53.5 Å². The Hall–Kier alpha value is -2.61. The van der Waals surface area contributed by atoms with Crippen molar-refractivity contribution in [3.05, 3.63) is 59.0 Å². The second kappa shape index (κ2) is 7.19. The second-order valence-electron chi connectivity index (χ2n) is 5.87. The molecule has 0 unspecified atom stereocenters. The largest absolute Gasteiger partial charge is 0.340 e. The summed E-state index contributed by atoms with van der Waals surface area (Å²) < 4.78 is 1.15. The first-order valence-corrected chi connectivity index (χ1v) is 9.81. The van der Waals surface area contributed by atoms with Crippen molar-refractivity contribution in [2.24, 2.45) is 0 Å². The number of benzene rings is 1. The van der Waals surface area contributed by atoms with E-state index in [4.69, 9.17) is 9.97 Å². The van der Waals surface area contributed by atoms with Crippen molar-refractivity contribution >= 4 is 67.0 Å². The lowest BCUT2D eigenvalue weighted by Crippen LogP contribution is -1.99. The first-order chi connectivity index (χ1) is 12.8. The lowest BCUT2D eigenvalue weighted by atomic mass is 10.2. The van der Waals surface area contributed by atoms with Gasteiger partial charge in [-0.1, -0.05) is 6.07 Å². The van der Waals surface area contributed by atoms with Gasteiger partial charge in [0.2, 0.25) is 0 Å². The number of aryl methyl sites for hydroxylation is 1. The third-order valence-corrected chi connectivity index (χ3v) is 5.89. The number of anilines is 2. The summed E-state index contributed by atoms with van der Waals surface area (Å²) >= 11 is 3.25. The van der Waals surface area contributed by atoms with E-state index in [1.807, 2.05) is 35.8 Å². The Bertz CT molecular complexity index is 1230. The molecule has 0 aliphatic rings. The molecule has 0 aliphatic carbocycles. The number of nitrogens with zero attached hydrogens (tertiary/aromatic N) is 4. The van der Waals surface area contributed by atoms with Crippen LogP contribution in [0.25, 0.3) is 32.0 Å². The van der Waals surface area contributed by atoms with Crippen molar-refractivity contribution in [2.45, 2.75) is 6.92 Å². The highest BCUT2D eigenvalue weighted by Gasteiger charge is 2.14. The molecule has 0 saturated heterocycles. The molecule has 0 fully saturated rings. The molecule has 4 heterocycles. The van der Waals surface area contributed by atoms with Gasteiger partial charge in [-0.15, -0.1) is 35.1 Å². The van der Waals surface area contributed by atoms with Gasteiger partial charge in [-0.25, -0.2) is 15.0 Å². The molecule has 134 valence electrons. The molecule has 0 aliphatic heterocycles. The maximum Gasteiger partial charge on any atom is 0.181 e. The maximum atomic E-state index is 4.78. The molecule has 0 saturated carbocycles. The van der Waals surface area contributed by atoms with Crippen LogP contribution >= 0.6 is 35.1 Å². The zero-order valence-electron chi connectivity index (χ0n) is 14.2. The van der Waals surface area contributed by atoms with Gasteiger partial charge in [0.05, 0.1) is 21.1 Å². The van der Waals surface area contributed by atoms with Crippen LogP contribution in [-0.4, -0.2) is 19.9 Å². The number of halogens is 1. The van der Waals surface area contributed by atoms with Gasteiger partial charge in [0, 0.05) is 11.9 Å². The normalized spacial score (nSPS) is 10.9. The number of pyridine rings is 1. The van der Waals surface area contributed by atoms with E-state index in [1.54, 1.807) is 28.9 Å². The fourth-order valence-electron chi connectivity index (χ4n) is 2.85. The van der Waals surface area contributed by atoms with Gasteiger partial charge in [0.25, 0.3) is 0 Å². The SMILES string of the molecule is Cc1csc2nc(-c3ccccn3)nc(Nc3ccc4ncsc4c3)c12.Cl. The number of hydrogen-bond donors (Lipinski definition) is 1. The first-order valence-electron chi connectivity index (χ1n) is 8.05. The number of nitrogens with one attached hydrogen (secondary N) is 1. The molecule has 5 nitrogen and oxygen atoms in total. The minimum Gasteiger partial charge on any atom is -0.340 e. The summed E-state index contributed by atoms with van der Waals surface area (Å²) in [4.78, 5) is 19.2. The third-order valence-electron chi connectivity index (χ3n) is 4.11. The predicted octanol–water partition coefficient (Wildman–Crippen LogP) is 5.84. The molecule has 0 atom stereocenters. The van der Waals surface area contributed by atoms with E-state index in [-0.39, 0.29) is 12.4 Å². The van der Waals surface area contributed by atoms with E-state index in [9.17, 15) is 0 Å². The van der Waals surface area contributed by atoms with Gasteiger partial charge in [0.1, 0.15) is 16.3 Å². The molecule has 4 aromatic heterocycles. The van der Waals surface area contributed by atoms with Crippen molar-refractivity contribution in [2.75, 3.05) is 5.32 Å². The van der Waals surface area contributed by atoms with Gasteiger partial charge < -0.3 is 5.32 Å². The van der Waals surface area contributed by atoms with Crippen LogP contribution in [-0.2, 0) is 0 Å². The minimum atomic E-state index is 0. The second-order valence-corrected chi connectivity index (χ2v) is 7.61. The summed E-state index contributed by atoms with van der Waals surface area (Å²) in [5, 5.41) is 6.64. The van der Waals surface area contributed by atoms with E-state index >= 15 is 0 Å². The molecule has 1 aromatic carbocycles. The zero-order valence-corrected chi connectivity index (χ0v) is 16.7. The number of fused-ring (bicyclic) bond motifs is 2. The van der Waals surface area contributed by atoms with E-state index < -0.39 is 0 Å². The maximum absolute atomic E-state index is 4.78. The predicted molar refractivity (Wildman–Crippen MR) is 116 cm³/mol. The molecule has 27 heavy (non-hydrogen) atoms. The van der Waals surface area contributed by atoms with Crippen LogP contribution < -0.4 is 5.32 Å². The highest BCUT2D eigenvalue weighted by Crippen LogP contribution is 2.33. The average molecular weight is 412 g/mol.